The molecule has 78 valence electrons. The highest BCUT2D eigenvalue weighted by Crippen LogP contribution is 2.22. The van der Waals surface area contributed by atoms with Crippen molar-refractivity contribution in [1.82, 2.24) is 0 Å². The fourth-order valence-corrected chi connectivity index (χ4v) is 1.32. The van der Waals surface area contributed by atoms with Crippen molar-refractivity contribution >= 4 is 5.97 Å². The van der Waals surface area contributed by atoms with Crippen molar-refractivity contribution in [3.8, 4) is 6.07 Å². The minimum atomic E-state index is -1.37. The first-order valence-corrected chi connectivity index (χ1v) is 4.57. The van der Waals surface area contributed by atoms with Crippen LogP contribution in [0.5, 0.6) is 0 Å². The number of carboxylic acids is 1. The predicted octanol–water partition coefficient (Wildman–Crippen LogP) is 1.21. The summed E-state index contributed by atoms with van der Waals surface area (Å²) in [6, 6.07) is 8.25. The molecule has 4 nitrogen and oxygen atoms in total. The second-order valence-electron chi connectivity index (χ2n) is 3.32. The molecule has 0 aliphatic heterocycles. The third-order valence-corrected chi connectivity index (χ3v) is 2.47. The third kappa shape index (κ3) is 1.97. The van der Waals surface area contributed by atoms with E-state index in [1.807, 2.05) is 6.07 Å². The minimum absolute atomic E-state index is 0.300. The van der Waals surface area contributed by atoms with Crippen molar-refractivity contribution in [2.75, 3.05) is 0 Å². The average Bonchev–Trinajstić information content (AvgIpc) is 2.28. The van der Waals surface area contributed by atoms with Crippen LogP contribution in [-0.2, 0) is 10.3 Å². The molecule has 0 saturated carbocycles. The van der Waals surface area contributed by atoms with Gasteiger partial charge in [0.25, 0.3) is 0 Å². The number of hydrogen-bond donors (Lipinski definition) is 2. The number of carboxylic acid groups (broad SMARTS) is 1. The van der Waals surface area contributed by atoms with Crippen LogP contribution < -0.4 is 5.73 Å². The molecular weight excluding hydrogens is 192 g/mol. The molecular formula is C11H12N2O2. The van der Waals surface area contributed by atoms with Gasteiger partial charge in [-0.3, -0.25) is 0 Å². The molecule has 0 bridgehead atoms. The van der Waals surface area contributed by atoms with Gasteiger partial charge in [0.2, 0.25) is 0 Å². The predicted molar refractivity (Wildman–Crippen MR) is 54.9 cm³/mol. The Morgan fingerprint density at radius 2 is 2.07 bits per heavy atom. The Kier molecular flexibility index (Phi) is 3.08. The van der Waals surface area contributed by atoms with Gasteiger partial charge in [0.05, 0.1) is 11.6 Å². The van der Waals surface area contributed by atoms with E-state index in [0.29, 0.717) is 17.5 Å². The van der Waals surface area contributed by atoms with Gasteiger partial charge in [-0.15, -0.1) is 0 Å². The normalized spacial score (nSPS) is 13.9. The number of nitrogens with zero attached hydrogens (tertiary/aromatic N) is 1. The zero-order valence-electron chi connectivity index (χ0n) is 8.40. The Morgan fingerprint density at radius 1 is 1.53 bits per heavy atom. The monoisotopic (exact) mass is 204 g/mol. The van der Waals surface area contributed by atoms with E-state index in [2.05, 4.69) is 0 Å². The van der Waals surface area contributed by atoms with Gasteiger partial charge < -0.3 is 10.8 Å². The molecule has 0 fully saturated rings. The standard InChI is InChI=1S/C11H12N2O2/c1-2-11(13,10(14)15)9-5-3-8(7-12)4-6-9/h3-6H,2,13H2,1H3,(H,14,15). The van der Waals surface area contributed by atoms with Crippen LogP contribution in [0.2, 0.25) is 0 Å². The first-order chi connectivity index (χ1) is 7.04. The highest BCUT2D eigenvalue weighted by Gasteiger charge is 2.33. The number of nitriles is 1. The lowest BCUT2D eigenvalue weighted by atomic mass is 9.88. The summed E-state index contributed by atoms with van der Waals surface area (Å²) >= 11 is 0. The second kappa shape index (κ2) is 4.11. The van der Waals surface area contributed by atoms with Crippen molar-refractivity contribution in [1.29, 1.82) is 5.26 Å². The van der Waals surface area contributed by atoms with Crippen LogP contribution in [-0.4, -0.2) is 11.1 Å². The molecule has 0 spiro atoms. The van der Waals surface area contributed by atoms with Crippen molar-refractivity contribution in [3.63, 3.8) is 0 Å². The largest absolute Gasteiger partial charge is 0.480 e. The van der Waals surface area contributed by atoms with Crippen LogP contribution in [0.25, 0.3) is 0 Å². The first-order valence-electron chi connectivity index (χ1n) is 4.57. The summed E-state index contributed by atoms with van der Waals surface area (Å²) in [5.74, 6) is -1.06. The summed E-state index contributed by atoms with van der Waals surface area (Å²) in [6.45, 7) is 1.71. The van der Waals surface area contributed by atoms with Crippen molar-refractivity contribution in [3.05, 3.63) is 35.4 Å². The lowest BCUT2D eigenvalue weighted by molar-refractivity contribution is -0.143. The van der Waals surface area contributed by atoms with Crippen molar-refractivity contribution < 1.29 is 9.90 Å². The van der Waals surface area contributed by atoms with E-state index in [9.17, 15) is 4.79 Å². The summed E-state index contributed by atoms with van der Waals surface area (Å²) in [5, 5.41) is 17.6. The molecule has 15 heavy (non-hydrogen) atoms. The molecule has 3 N–H and O–H groups in total. The Bertz CT molecular complexity index is 406. The molecule has 1 rings (SSSR count). The fraction of sp³-hybridized carbons (Fsp3) is 0.273. The zero-order chi connectivity index (χ0) is 11.5. The van der Waals surface area contributed by atoms with E-state index in [1.165, 1.54) is 0 Å². The quantitative estimate of drug-likeness (QED) is 0.774. The molecule has 0 amide bonds. The lowest BCUT2D eigenvalue weighted by Gasteiger charge is -2.23. The molecule has 1 unspecified atom stereocenters. The second-order valence-corrected chi connectivity index (χ2v) is 3.32. The van der Waals surface area contributed by atoms with E-state index >= 15 is 0 Å². The maximum absolute atomic E-state index is 11.0. The van der Waals surface area contributed by atoms with Gasteiger partial charge in [-0.1, -0.05) is 19.1 Å². The average molecular weight is 204 g/mol. The molecule has 0 aliphatic carbocycles. The number of benzene rings is 1. The van der Waals surface area contributed by atoms with E-state index < -0.39 is 11.5 Å². The number of carbonyl (C=O) groups is 1. The summed E-state index contributed by atoms with van der Waals surface area (Å²) in [5.41, 5.74) is 5.40. The van der Waals surface area contributed by atoms with Crippen LogP contribution in [0.15, 0.2) is 24.3 Å². The topological polar surface area (TPSA) is 87.1 Å². The van der Waals surface area contributed by atoms with Gasteiger partial charge in [-0.25, -0.2) is 4.79 Å². The SMILES string of the molecule is CCC(N)(C(=O)O)c1ccc(C#N)cc1. The van der Waals surface area contributed by atoms with Crippen LogP contribution >= 0.6 is 0 Å². The fourth-order valence-electron chi connectivity index (χ4n) is 1.32. The highest BCUT2D eigenvalue weighted by atomic mass is 16.4. The zero-order valence-corrected chi connectivity index (χ0v) is 8.40. The molecule has 1 aromatic rings. The Labute approximate surface area is 87.9 Å². The summed E-state index contributed by atoms with van der Waals surface area (Å²) in [7, 11) is 0. The number of aliphatic carboxylic acids is 1. The van der Waals surface area contributed by atoms with E-state index in [-0.39, 0.29) is 0 Å². The molecule has 0 radical (unpaired) electrons. The van der Waals surface area contributed by atoms with E-state index in [0.717, 1.165) is 0 Å². The van der Waals surface area contributed by atoms with Crippen LogP contribution in [0.1, 0.15) is 24.5 Å². The Morgan fingerprint density at radius 3 is 2.40 bits per heavy atom. The van der Waals surface area contributed by atoms with Gasteiger partial charge >= 0.3 is 5.97 Å². The maximum Gasteiger partial charge on any atom is 0.328 e. The summed E-state index contributed by atoms with van der Waals surface area (Å²) in [4.78, 5) is 11.0. The maximum atomic E-state index is 11.0. The van der Waals surface area contributed by atoms with Gasteiger partial charge in [0, 0.05) is 0 Å². The van der Waals surface area contributed by atoms with Gasteiger partial charge in [0.1, 0.15) is 5.54 Å². The lowest BCUT2D eigenvalue weighted by Crippen LogP contribution is -2.44. The Hall–Kier alpha value is -1.86. The van der Waals surface area contributed by atoms with Gasteiger partial charge in [0.15, 0.2) is 0 Å². The van der Waals surface area contributed by atoms with E-state index in [1.54, 1.807) is 31.2 Å². The number of hydrogen-bond acceptors (Lipinski definition) is 3. The van der Waals surface area contributed by atoms with E-state index in [4.69, 9.17) is 16.1 Å². The smallest absolute Gasteiger partial charge is 0.328 e. The summed E-state index contributed by atoms with van der Waals surface area (Å²) < 4.78 is 0. The molecule has 4 heteroatoms. The van der Waals surface area contributed by atoms with Crippen LogP contribution in [0.4, 0.5) is 0 Å². The molecule has 0 saturated heterocycles. The third-order valence-electron chi connectivity index (χ3n) is 2.47. The van der Waals surface area contributed by atoms with Crippen LogP contribution in [0.3, 0.4) is 0 Å². The first kappa shape index (κ1) is 11.2. The molecule has 0 heterocycles. The Balaban J connectivity index is 3.15. The minimum Gasteiger partial charge on any atom is -0.480 e. The molecule has 0 aliphatic rings. The van der Waals surface area contributed by atoms with Gasteiger partial charge in [-0.2, -0.15) is 5.26 Å². The van der Waals surface area contributed by atoms with Crippen molar-refractivity contribution in [2.45, 2.75) is 18.9 Å². The van der Waals surface area contributed by atoms with Gasteiger partial charge in [-0.05, 0) is 24.1 Å². The number of rotatable bonds is 3. The highest BCUT2D eigenvalue weighted by molar-refractivity contribution is 5.80. The summed E-state index contributed by atoms with van der Waals surface area (Å²) in [6.07, 6.45) is 0.300. The molecule has 1 atom stereocenters. The molecule has 0 aromatic heterocycles. The number of nitrogens with two attached hydrogens (primary N) is 1. The van der Waals surface area contributed by atoms with Crippen LogP contribution in [0, 0.1) is 11.3 Å². The van der Waals surface area contributed by atoms with Crippen molar-refractivity contribution in [2.24, 2.45) is 5.73 Å². The molecule has 1 aromatic carbocycles.